The number of rotatable bonds is 7. The molecule has 0 spiro atoms. The fourth-order valence-corrected chi connectivity index (χ4v) is 4.77. The third kappa shape index (κ3) is 5.62. The highest BCUT2D eigenvalue weighted by atomic mass is 35.5. The first kappa shape index (κ1) is 26.3. The molecule has 1 unspecified atom stereocenters. The first-order valence-electron chi connectivity index (χ1n) is 12.3. The van der Waals surface area contributed by atoms with Crippen LogP contribution in [-0.4, -0.2) is 78.1 Å². The monoisotopic (exact) mass is 549 g/mol. The number of imide groups is 1. The highest BCUT2D eigenvalue weighted by Crippen LogP contribution is 2.27. The second kappa shape index (κ2) is 11.2. The Kier molecular flexibility index (Phi) is 7.58. The third-order valence-electron chi connectivity index (χ3n) is 6.76. The first-order valence-corrected chi connectivity index (χ1v) is 12.7. The summed E-state index contributed by atoms with van der Waals surface area (Å²) < 4.78 is 10.3. The Bertz CT molecular complexity index is 1400. The van der Waals surface area contributed by atoms with Gasteiger partial charge in [-0.25, -0.2) is 9.69 Å². The lowest BCUT2D eigenvalue weighted by molar-refractivity contribution is -0.123. The summed E-state index contributed by atoms with van der Waals surface area (Å²) in [5.41, 5.74) is 0.886. The minimum atomic E-state index is -0.706. The van der Waals surface area contributed by atoms with Gasteiger partial charge in [-0.05, 0) is 60.7 Å². The maximum Gasteiger partial charge on any atom is 0.338 e. The molecule has 11 heteroatoms. The van der Waals surface area contributed by atoms with Crippen molar-refractivity contribution >= 4 is 46.8 Å². The van der Waals surface area contributed by atoms with Gasteiger partial charge in [-0.1, -0.05) is 11.6 Å². The van der Waals surface area contributed by atoms with Crippen LogP contribution in [0.3, 0.4) is 0 Å². The molecule has 0 N–H and O–H groups in total. The lowest BCUT2D eigenvalue weighted by atomic mass is 10.1. The van der Waals surface area contributed by atoms with Crippen LogP contribution in [0.2, 0.25) is 5.02 Å². The van der Waals surface area contributed by atoms with E-state index < -0.39 is 18.6 Å². The smallest absolute Gasteiger partial charge is 0.338 e. The molecule has 2 saturated heterocycles. The number of Topliss-reactive ketones (excluding diaryl/α,β-unsaturated/α-hetero) is 1. The van der Waals surface area contributed by atoms with Gasteiger partial charge in [-0.3, -0.25) is 24.1 Å². The first-order chi connectivity index (χ1) is 18.8. The topological polar surface area (TPSA) is 117 Å². The molecule has 1 aromatic heterocycles. The van der Waals surface area contributed by atoms with Crippen molar-refractivity contribution in [3.63, 3.8) is 0 Å². The Balaban J connectivity index is 1.16. The van der Waals surface area contributed by atoms with Crippen LogP contribution in [0, 0.1) is 0 Å². The molecule has 200 valence electrons. The van der Waals surface area contributed by atoms with E-state index in [9.17, 15) is 24.0 Å². The molecule has 0 radical (unpaired) electrons. The average Bonchev–Trinajstić information content (AvgIpc) is 3.60. The minimum absolute atomic E-state index is 0.0293. The van der Waals surface area contributed by atoms with Crippen molar-refractivity contribution in [2.75, 3.05) is 37.7 Å². The lowest BCUT2D eigenvalue weighted by Gasteiger charge is -2.36. The van der Waals surface area contributed by atoms with Crippen LogP contribution in [-0.2, 0) is 14.3 Å². The number of hydrogen-bond acceptors (Lipinski definition) is 8. The number of furan rings is 1. The maximum atomic E-state index is 13.2. The Hall–Kier alpha value is -4.28. The number of anilines is 1. The predicted octanol–water partition coefficient (Wildman–Crippen LogP) is 3.06. The summed E-state index contributed by atoms with van der Waals surface area (Å²) in [6.07, 6.45) is 1.47. The Labute approximate surface area is 228 Å². The Morgan fingerprint density at radius 1 is 0.897 bits per heavy atom. The summed E-state index contributed by atoms with van der Waals surface area (Å²) >= 11 is 5.82. The summed E-state index contributed by atoms with van der Waals surface area (Å²) in [6.45, 7) is 1.28. The quantitative estimate of drug-likeness (QED) is 0.251. The minimum Gasteiger partial charge on any atom is -0.459 e. The summed E-state index contributed by atoms with van der Waals surface area (Å²) in [4.78, 5) is 67.8. The van der Waals surface area contributed by atoms with Gasteiger partial charge in [-0.2, -0.15) is 0 Å². The largest absolute Gasteiger partial charge is 0.459 e. The van der Waals surface area contributed by atoms with Crippen molar-refractivity contribution in [1.82, 2.24) is 9.80 Å². The maximum absolute atomic E-state index is 13.2. The molecule has 10 nitrogen and oxygen atoms in total. The average molecular weight is 550 g/mol. The van der Waals surface area contributed by atoms with E-state index in [-0.39, 0.29) is 41.2 Å². The van der Waals surface area contributed by atoms with Crippen LogP contribution in [0.1, 0.15) is 37.7 Å². The van der Waals surface area contributed by atoms with Gasteiger partial charge in [0.25, 0.3) is 11.8 Å². The fraction of sp³-hybridized carbons (Fsp3) is 0.250. The number of carbonyl (C=O) groups excluding carboxylic acids is 5. The van der Waals surface area contributed by atoms with Crippen molar-refractivity contribution in [2.24, 2.45) is 0 Å². The van der Waals surface area contributed by atoms with E-state index >= 15 is 0 Å². The van der Waals surface area contributed by atoms with E-state index in [2.05, 4.69) is 0 Å². The number of benzene rings is 2. The van der Waals surface area contributed by atoms with Crippen LogP contribution in [0.5, 0.6) is 0 Å². The molecule has 2 fully saturated rings. The fourth-order valence-electron chi connectivity index (χ4n) is 4.65. The van der Waals surface area contributed by atoms with Crippen LogP contribution in [0.25, 0.3) is 0 Å². The van der Waals surface area contributed by atoms with E-state index in [4.69, 9.17) is 20.8 Å². The highest BCUT2D eigenvalue weighted by molar-refractivity contribution is 6.30. The molecule has 1 atom stereocenters. The number of carbonyl (C=O) groups is 5. The molecule has 0 saturated carbocycles. The van der Waals surface area contributed by atoms with Gasteiger partial charge in [0.1, 0.15) is 0 Å². The van der Waals surface area contributed by atoms with E-state index in [1.165, 1.54) is 30.5 Å². The molecule has 3 heterocycles. The third-order valence-corrected chi connectivity index (χ3v) is 7.01. The van der Waals surface area contributed by atoms with Gasteiger partial charge in [0.05, 0.1) is 30.0 Å². The zero-order chi connectivity index (χ0) is 27.5. The lowest BCUT2D eigenvalue weighted by Crippen LogP contribution is -2.53. The number of hydrogen-bond donors (Lipinski definition) is 0. The van der Waals surface area contributed by atoms with Crippen molar-refractivity contribution in [2.45, 2.75) is 12.5 Å². The molecule has 3 aromatic rings. The standard InChI is InChI=1S/C28H24ClN3O7/c29-20-7-3-18(4-8-20)23(33)17-39-28(37)19-5-9-21(10-6-19)32-25(34)16-22(26(32)35)30-11-13-31(14-12-30)27(36)24-2-1-15-38-24/h1-10,15,22H,11-14,16-17H2. The second-order valence-electron chi connectivity index (χ2n) is 9.15. The normalized spacial score (nSPS) is 17.9. The SMILES string of the molecule is O=C(COC(=O)c1ccc(N2C(=O)CC(N3CCN(C(=O)c4ccco4)CC3)C2=O)cc1)c1ccc(Cl)cc1. The van der Waals surface area contributed by atoms with Gasteiger partial charge in [0, 0.05) is 36.8 Å². The van der Waals surface area contributed by atoms with E-state index in [0.29, 0.717) is 42.5 Å². The van der Waals surface area contributed by atoms with Crippen LogP contribution in [0.4, 0.5) is 5.69 Å². The molecule has 5 rings (SSSR count). The molecule has 2 aliphatic heterocycles. The van der Waals surface area contributed by atoms with Crippen LogP contribution < -0.4 is 4.90 Å². The van der Waals surface area contributed by atoms with Crippen LogP contribution in [0.15, 0.2) is 71.3 Å². The molecule has 0 aliphatic carbocycles. The summed E-state index contributed by atoms with van der Waals surface area (Å²) in [7, 11) is 0. The van der Waals surface area contributed by atoms with Crippen molar-refractivity contribution in [3.05, 3.63) is 88.8 Å². The van der Waals surface area contributed by atoms with E-state index in [0.717, 1.165) is 4.90 Å². The van der Waals surface area contributed by atoms with Gasteiger partial charge in [0.15, 0.2) is 18.2 Å². The number of ether oxygens (including phenoxy) is 1. The van der Waals surface area contributed by atoms with Gasteiger partial charge in [0.2, 0.25) is 5.91 Å². The number of amides is 3. The second-order valence-corrected chi connectivity index (χ2v) is 9.58. The molecule has 3 amide bonds. The van der Waals surface area contributed by atoms with Crippen molar-refractivity contribution in [3.8, 4) is 0 Å². The number of piperazine rings is 1. The van der Waals surface area contributed by atoms with Crippen molar-refractivity contribution < 1.29 is 33.1 Å². The van der Waals surface area contributed by atoms with Crippen LogP contribution >= 0.6 is 11.6 Å². The number of halogens is 1. The molecule has 2 aliphatic rings. The van der Waals surface area contributed by atoms with Gasteiger partial charge >= 0.3 is 5.97 Å². The van der Waals surface area contributed by atoms with Crippen molar-refractivity contribution in [1.29, 1.82) is 0 Å². The van der Waals surface area contributed by atoms with E-state index in [1.54, 1.807) is 41.3 Å². The molecular weight excluding hydrogens is 526 g/mol. The molecule has 0 bridgehead atoms. The van der Waals surface area contributed by atoms with Gasteiger partial charge in [-0.15, -0.1) is 0 Å². The zero-order valence-electron chi connectivity index (χ0n) is 20.7. The predicted molar refractivity (Wildman–Crippen MR) is 140 cm³/mol. The summed E-state index contributed by atoms with van der Waals surface area (Å²) in [5.74, 6) is -1.71. The van der Waals surface area contributed by atoms with E-state index in [1.807, 2.05) is 4.90 Å². The summed E-state index contributed by atoms with van der Waals surface area (Å²) in [6, 6.07) is 14.8. The highest BCUT2D eigenvalue weighted by Gasteiger charge is 2.43. The Morgan fingerprint density at radius 3 is 2.21 bits per heavy atom. The number of esters is 1. The molecular formula is C28H24ClN3O7. The summed E-state index contributed by atoms with van der Waals surface area (Å²) in [5, 5.41) is 0.491. The number of ketones is 1. The van der Waals surface area contributed by atoms with Gasteiger partial charge < -0.3 is 14.1 Å². The molecule has 39 heavy (non-hydrogen) atoms. The number of nitrogens with zero attached hydrogens (tertiary/aromatic N) is 3. The molecule has 2 aromatic carbocycles. The zero-order valence-corrected chi connectivity index (χ0v) is 21.5. The Morgan fingerprint density at radius 2 is 1.56 bits per heavy atom.